The van der Waals surface area contributed by atoms with Crippen LogP contribution in [0, 0.1) is 20.8 Å². The van der Waals surface area contributed by atoms with E-state index in [2.05, 4.69) is 16.7 Å². The molecule has 2 aromatic rings. The predicted octanol–water partition coefficient (Wildman–Crippen LogP) is 3.91. The second-order valence-corrected chi connectivity index (χ2v) is 5.05. The molecule has 2 rings (SSSR count). The number of rotatable bonds is 3. The van der Waals surface area contributed by atoms with E-state index in [1.807, 2.05) is 58.2 Å². The van der Waals surface area contributed by atoms with Crippen molar-refractivity contribution in [2.75, 3.05) is 17.7 Å². The highest BCUT2D eigenvalue weighted by atomic mass is 16.1. The van der Waals surface area contributed by atoms with Gasteiger partial charge in [-0.2, -0.15) is 0 Å². The highest BCUT2D eigenvalue weighted by Crippen LogP contribution is 2.19. The molecule has 0 saturated heterocycles. The Kier molecular flexibility index (Phi) is 4.08. The van der Waals surface area contributed by atoms with E-state index in [0.29, 0.717) is 5.56 Å². The zero-order valence-corrected chi connectivity index (χ0v) is 12.4. The maximum atomic E-state index is 12.3. The molecule has 0 fully saturated rings. The van der Waals surface area contributed by atoms with E-state index in [0.717, 1.165) is 22.5 Å². The van der Waals surface area contributed by atoms with E-state index < -0.39 is 0 Å². The molecule has 0 heterocycles. The number of amides is 1. The summed E-state index contributed by atoms with van der Waals surface area (Å²) in [6.07, 6.45) is 0. The van der Waals surface area contributed by atoms with Crippen LogP contribution in [0.15, 0.2) is 36.4 Å². The smallest absolute Gasteiger partial charge is 0.255 e. The summed E-state index contributed by atoms with van der Waals surface area (Å²) in [5, 5.41) is 6.05. The Balaban J connectivity index is 2.21. The summed E-state index contributed by atoms with van der Waals surface area (Å²) < 4.78 is 0. The van der Waals surface area contributed by atoms with Crippen LogP contribution < -0.4 is 10.6 Å². The second kappa shape index (κ2) is 5.78. The zero-order valence-electron chi connectivity index (χ0n) is 12.4. The lowest BCUT2D eigenvalue weighted by Gasteiger charge is -2.11. The van der Waals surface area contributed by atoms with Crippen LogP contribution in [-0.4, -0.2) is 13.0 Å². The lowest BCUT2D eigenvalue weighted by Crippen LogP contribution is -2.13. The number of carbonyl (C=O) groups is 1. The summed E-state index contributed by atoms with van der Waals surface area (Å²) in [6.45, 7) is 6.02. The highest BCUT2D eigenvalue weighted by Gasteiger charge is 2.09. The van der Waals surface area contributed by atoms with Crippen LogP contribution in [0.4, 0.5) is 11.4 Å². The van der Waals surface area contributed by atoms with Crippen molar-refractivity contribution in [3.05, 3.63) is 58.7 Å². The molecule has 20 heavy (non-hydrogen) atoms. The first-order valence-electron chi connectivity index (χ1n) is 6.68. The van der Waals surface area contributed by atoms with Crippen LogP contribution in [0.2, 0.25) is 0 Å². The van der Waals surface area contributed by atoms with Gasteiger partial charge in [0, 0.05) is 24.0 Å². The van der Waals surface area contributed by atoms with E-state index in [1.165, 1.54) is 5.56 Å². The van der Waals surface area contributed by atoms with Crippen LogP contribution in [0.1, 0.15) is 27.0 Å². The zero-order chi connectivity index (χ0) is 14.7. The average Bonchev–Trinajstić information content (AvgIpc) is 2.41. The van der Waals surface area contributed by atoms with Crippen molar-refractivity contribution in [3.8, 4) is 0 Å². The SMILES string of the molecule is CNc1ccc(C(=O)Nc2ccc(C)cc2C)cc1C. The molecule has 0 radical (unpaired) electrons. The van der Waals surface area contributed by atoms with Crippen molar-refractivity contribution in [3.63, 3.8) is 0 Å². The van der Waals surface area contributed by atoms with Crippen molar-refractivity contribution in [2.24, 2.45) is 0 Å². The largest absolute Gasteiger partial charge is 0.388 e. The van der Waals surface area contributed by atoms with E-state index in [9.17, 15) is 4.79 Å². The molecule has 0 aliphatic heterocycles. The van der Waals surface area contributed by atoms with Gasteiger partial charge in [0.05, 0.1) is 0 Å². The van der Waals surface area contributed by atoms with Gasteiger partial charge in [-0.15, -0.1) is 0 Å². The lowest BCUT2D eigenvalue weighted by molar-refractivity contribution is 0.102. The molecule has 0 aromatic heterocycles. The monoisotopic (exact) mass is 268 g/mol. The highest BCUT2D eigenvalue weighted by molar-refractivity contribution is 6.05. The first-order chi connectivity index (χ1) is 9.51. The topological polar surface area (TPSA) is 41.1 Å². The van der Waals surface area contributed by atoms with E-state index in [4.69, 9.17) is 0 Å². The molecule has 3 heteroatoms. The first kappa shape index (κ1) is 14.1. The van der Waals surface area contributed by atoms with Crippen molar-refractivity contribution < 1.29 is 4.79 Å². The molecule has 0 saturated carbocycles. The Bertz CT molecular complexity index is 647. The van der Waals surface area contributed by atoms with Crippen LogP contribution in [0.3, 0.4) is 0 Å². The summed E-state index contributed by atoms with van der Waals surface area (Å²) in [5.74, 6) is -0.0808. The molecule has 0 atom stereocenters. The molecule has 3 nitrogen and oxygen atoms in total. The molecular weight excluding hydrogens is 248 g/mol. The van der Waals surface area contributed by atoms with Crippen molar-refractivity contribution in [2.45, 2.75) is 20.8 Å². The maximum Gasteiger partial charge on any atom is 0.255 e. The second-order valence-electron chi connectivity index (χ2n) is 5.05. The summed E-state index contributed by atoms with van der Waals surface area (Å²) in [6, 6.07) is 11.6. The molecule has 104 valence electrons. The third-order valence-corrected chi connectivity index (χ3v) is 3.39. The van der Waals surface area contributed by atoms with E-state index in [-0.39, 0.29) is 5.91 Å². The normalized spacial score (nSPS) is 10.2. The Morgan fingerprint density at radius 3 is 2.15 bits per heavy atom. The molecule has 0 spiro atoms. The van der Waals surface area contributed by atoms with Crippen molar-refractivity contribution >= 4 is 17.3 Å². The van der Waals surface area contributed by atoms with Gasteiger partial charge in [-0.05, 0) is 56.2 Å². The number of nitrogens with one attached hydrogen (secondary N) is 2. The lowest BCUT2D eigenvalue weighted by atomic mass is 10.1. The minimum absolute atomic E-state index is 0.0808. The van der Waals surface area contributed by atoms with Gasteiger partial charge in [0.15, 0.2) is 0 Å². The summed E-state index contributed by atoms with van der Waals surface area (Å²) in [4.78, 5) is 12.3. The van der Waals surface area contributed by atoms with Gasteiger partial charge in [-0.3, -0.25) is 4.79 Å². The van der Waals surface area contributed by atoms with Crippen molar-refractivity contribution in [1.29, 1.82) is 0 Å². The average molecular weight is 268 g/mol. The fourth-order valence-corrected chi connectivity index (χ4v) is 2.23. The molecule has 0 aliphatic carbocycles. The fourth-order valence-electron chi connectivity index (χ4n) is 2.23. The van der Waals surface area contributed by atoms with Gasteiger partial charge in [0.1, 0.15) is 0 Å². The van der Waals surface area contributed by atoms with Gasteiger partial charge >= 0.3 is 0 Å². The van der Waals surface area contributed by atoms with Crippen molar-refractivity contribution in [1.82, 2.24) is 0 Å². The van der Waals surface area contributed by atoms with Crippen LogP contribution in [0.5, 0.6) is 0 Å². The fraction of sp³-hybridized carbons (Fsp3) is 0.235. The first-order valence-corrected chi connectivity index (χ1v) is 6.68. The van der Waals surface area contributed by atoms with Gasteiger partial charge < -0.3 is 10.6 Å². The minimum atomic E-state index is -0.0808. The maximum absolute atomic E-state index is 12.3. The quantitative estimate of drug-likeness (QED) is 0.886. The van der Waals surface area contributed by atoms with Gasteiger partial charge in [0.2, 0.25) is 0 Å². The third kappa shape index (κ3) is 2.99. The molecule has 0 aliphatic rings. The van der Waals surface area contributed by atoms with Crippen LogP contribution in [-0.2, 0) is 0 Å². The number of aryl methyl sites for hydroxylation is 3. The summed E-state index contributed by atoms with van der Waals surface area (Å²) in [7, 11) is 1.87. The summed E-state index contributed by atoms with van der Waals surface area (Å²) >= 11 is 0. The predicted molar refractivity (Wildman–Crippen MR) is 84.6 cm³/mol. The molecule has 2 N–H and O–H groups in total. The molecule has 2 aromatic carbocycles. The van der Waals surface area contributed by atoms with E-state index in [1.54, 1.807) is 0 Å². The summed E-state index contributed by atoms with van der Waals surface area (Å²) in [5.41, 5.74) is 5.88. The Labute approximate surface area is 120 Å². The Morgan fingerprint density at radius 1 is 0.900 bits per heavy atom. The van der Waals surface area contributed by atoms with E-state index >= 15 is 0 Å². The number of carbonyl (C=O) groups excluding carboxylic acids is 1. The Hall–Kier alpha value is -2.29. The third-order valence-electron chi connectivity index (χ3n) is 3.39. The standard InChI is InChI=1S/C17H20N2O/c1-11-5-7-16(12(2)9-11)19-17(20)14-6-8-15(18-4)13(3)10-14/h5-10,18H,1-4H3,(H,19,20). The number of benzene rings is 2. The van der Waals surface area contributed by atoms with Gasteiger partial charge in [-0.25, -0.2) is 0 Å². The van der Waals surface area contributed by atoms with Gasteiger partial charge in [-0.1, -0.05) is 17.7 Å². The number of hydrogen-bond donors (Lipinski definition) is 2. The molecule has 0 bridgehead atoms. The van der Waals surface area contributed by atoms with Crippen LogP contribution >= 0.6 is 0 Å². The number of hydrogen-bond acceptors (Lipinski definition) is 2. The van der Waals surface area contributed by atoms with Gasteiger partial charge in [0.25, 0.3) is 5.91 Å². The number of anilines is 2. The molecule has 1 amide bonds. The Morgan fingerprint density at radius 2 is 1.55 bits per heavy atom. The minimum Gasteiger partial charge on any atom is -0.388 e. The molecular formula is C17H20N2O. The van der Waals surface area contributed by atoms with Crippen LogP contribution in [0.25, 0.3) is 0 Å². The molecule has 0 unspecified atom stereocenters.